The highest BCUT2D eigenvalue weighted by Gasteiger charge is 2.14. The molecule has 2 aromatic rings. The summed E-state index contributed by atoms with van der Waals surface area (Å²) in [5.41, 5.74) is 0.912. The van der Waals surface area contributed by atoms with E-state index in [1.54, 1.807) is 0 Å². The van der Waals surface area contributed by atoms with E-state index in [-0.39, 0.29) is 6.04 Å². The summed E-state index contributed by atoms with van der Waals surface area (Å²) in [5.74, 6) is 0.807. The molecule has 1 atom stereocenters. The van der Waals surface area contributed by atoms with Crippen molar-refractivity contribution in [1.29, 1.82) is 0 Å². The molecule has 0 bridgehead atoms. The monoisotopic (exact) mass is 387 g/mol. The SMILES string of the molecule is CCOc1c(Br)cc(Cl)cc1NC(C)c1ccc(CC)s1. The zero-order valence-corrected chi connectivity index (χ0v) is 15.5. The van der Waals surface area contributed by atoms with Crippen LogP contribution in [0.5, 0.6) is 5.75 Å². The summed E-state index contributed by atoms with van der Waals surface area (Å²) < 4.78 is 6.59. The highest BCUT2D eigenvalue weighted by atomic mass is 79.9. The first kappa shape index (κ1) is 16.7. The van der Waals surface area contributed by atoms with Crippen LogP contribution in [0, 0.1) is 0 Å². The van der Waals surface area contributed by atoms with E-state index in [1.807, 2.05) is 30.4 Å². The van der Waals surface area contributed by atoms with Crippen molar-refractivity contribution in [3.05, 3.63) is 43.5 Å². The number of halogens is 2. The van der Waals surface area contributed by atoms with Gasteiger partial charge in [-0.15, -0.1) is 11.3 Å². The van der Waals surface area contributed by atoms with Gasteiger partial charge in [-0.05, 0) is 60.5 Å². The number of hydrogen-bond donors (Lipinski definition) is 1. The molecule has 0 saturated heterocycles. The largest absolute Gasteiger partial charge is 0.491 e. The molecule has 0 fully saturated rings. The molecule has 0 aliphatic rings. The third-order valence-corrected chi connectivity index (χ3v) is 5.35. The Labute approximate surface area is 143 Å². The van der Waals surface area contributed by atoms with E-state index in [2.05, 4.69) is 47.2 Å². The van der Waals surface area contributed by atoms with E-state index in [0.717, 1.165) is 22.3 Å². The number of rotatable bonds is 6. The number of ether oxygens (including phenoxy) is 1. The Kier molecular flexibility index (Phi) is 5.97. The Bertz CT molecular complexity index is 614. The van der Waals surface area contributed by atoms with Gasteiger partial charge in [0, 0.05) is 14.8 Å². The van der Waals surface area contributed by atoms with Gasteiger partial charge < -0.3 is 10.1 Å². The normalized spacial score (nSPS) is 12.2. The lowest BCUT2D eigenvalue weighted by Crippen LogP contribution is -2.07. The zero-order valence-electron chi connectivity index (χ0n) is 12.4. The molecule has 114 valence electrons. The van der Waals surface area contributed by atoms with Crippen molar-refractivity contribution in [1.82, 2.24) is 0 Å². The highest BCUT2D eigenvalue weighted by molar-refractivity contribution is 9.10. The molecule has 1 aromatic carbocycles. The zero-order chi connectivity index (χ0) is 15.4. The van der Waals surface area contributed by atoms with Gasteiger partial charge in [0.25, 0.3) is 0 Å². The number of aryl methyl sites for hydroxylation is 1. The van der Waals surface area contributed by atoms with Crippen LogP contribution in [0.25, 0.3) is 0 Å². The molecule has 0 aliphatic carbocycles. The minimum Gasteiger partial charge on any atom is -0.491 e. The fourth-order valence-electron chi connectivity index (χ4n) is 2.08. The number of thiophene rings is 1. The molecule has 0 aliphatic heterocycles. The molecule has 0 saturated carbocycles. The van der Waals surface area contributed by atoms with E-state index >= 15 is 0 Å². The number of hydrogen-bond acceptors (Lipinski definition) is 3. The van der Waals surface area contributed by atoms with Crippen LogP contribution in [0.15, 0.2) is 28.7 Å². The second-order valence-electron chi connectivity index (χ2n) is 4.72. The van der Waals surface area contributed by atoms with Gasteiger partial charge in [-0.3, -0.25) is 0 Å². The topological polar surface area (TPSA) is 21.3 Å². The summed E-state index contributed by atoms with van der Waals surface area (Å²) in [6.07, 6.45) is 1.07. The molecular weight excluding hydrogens is 370 g/mol. The van der Waals surface area contributed by atoms with Gasteiger partial charge >= 0.3 is 0 Å². The second kappa shape index (κ2) is 7.52. The fraction of sp³-hybridized carbons (Fsp3) is 0.375. The molecule has 1 heterocycles. The quantitative estimate of drug-likeness (QED) is 0.627. The van der Waals surface area contributed by atoms with Crippen molar-refractivity contribution in [3.8, 4) is 5.75 Å². The minimum atomic E-state index is 0.208. The maximum atomic E-state index is 6.16. The molecule has 21 heavy (non-hydrogen) atoms. The Hall–Kier alpha value is -0.710. The lowest BCUT2D eigenvalue weighted by molar-refractivity contribution is 0.339. The maximum absolute atomic E-state index is 6.16. The van der Waals surface area contributed by atoms with Gasteiger partial charge in [-0.25, -0.2) is 0 Å². The first-order chi connectivity index (χ1) is 10.0. The van der Waals surface area contributed by atoms with Gasteiger partial charge in [0.05, 0.1) is 22.8 Å². The average molecular weight is 389 g/mol. The van der Waals surface area contributed by atoms with Crippen LogP contribution in [0.2, 0.25) is 5.02 Å². The molecule has 1 N–H and O–H groups in total. The molecule has 5 heteroatoms. The highest BCUT2D eigenvalue weighted by Crippen LogP contribution is 2.38. The van der Waals surface area contributed by atoms with Gasteiger partial charge in [0.2, 0.25) is 0 Å². The Morgan fingerprint density at radius 1 is 1.33 bits per heavy atom. The van der Waals surface area contributed by atoms with Crippen LogP contribution in [0.3, 0.4) is 0 Å². The maximum Gasteiger partial charge on any atom is 0.156 e. The van der Waals surface area contributed by atoms with Gasteiger partial charge in [0.15, 0.2) is 5.75 Å². The summed E-state index contributed by atoms with van der Waals surface area (Å²) in [5, 5.41) is 4.18. The summed E-state index contributed by atoms with van der Waals surface area (Å²) >= 11 is 11.5. The van der Waals surface area contributed by atoms with Gasteiger partial charge in [-0.2, -0.15) is 0 Å². The molecule has 0 spiro atoms. The number of benzene rings is 1. The van der Waals surface area contributed by atoms with E-state index in [4.69, 9.17) is 16.3 Å². The Balaban J connectivity index is 2.25. The first-order valence-electron chi connectivity index (χ1n) is 7.02. The molecule has 2 rings (SSSR count). The summed E-state index contributed by atoms with van der Waals surface area (Å²) in [6, 6.07) is 8.33. The molecule has 1 unspecified atom stereocenters. The Morgan fingerprint density at radius 3 is 2.71 bits per heavy atom. The van der Waals surface area contributed by atoms with E-state index in [1.165, 1.54) is 9.75 Å². The fourth-order valence-corrected chi connectivity index (χ4v) is 3.96. The molecule has 2 nitrogen and oxygen atoms in total. The summed E-state index contributed by atoms with van der Waals surface area (Å²) in [6.45, 7) is 6.91. The van der Waals surface area contributed by atoms with E-state index < -0.39 is 0 Å². The summed E-state index contributed by atoms with van der Waals surface area (Å²) in [7, 11) is 0. The molecule has 1 aromatic heterocycles. The van der Waals surface area contributed by atoms with Crippen molar-refractivity contribution in [3.63, 3.8) is 0 Å². The smallest absolute Gasteiger partial charge is 0.156 e. The van der Waals surface area contributed by atoms with Crippen LogP contribution in [0.1, 0.15) is 36.6 Å². The van der Waals surface area contributed by atoms with E-state index in [9.17, 15) is 0 Å². The molecule has 0 radical (unpaired) electrons. The van der Waals surface area contributed by atoms with Crippen molar-refractivity contribution in [2.45, 2.75) is 33.2 Å². The number of nitrogens with one attached hydrogen (secondary N) is 1. The van der Waals surface area contributed by atoms with E-state index in [0.29, 0.717) is 11.6 Å². The Morgan fingerprint density at radius 2 is 2.10 bits per heavy atom. The van der Waals surface area contributed by atoms with Crippen molar-refractivity contribution >= 4 is 44.6 Å². The lowest BCUT2D eigenvalue weighted by Gasteiger charge is -2.18. The van der Waals surface area contributed by atoms with Crippen LogP contribution < -0.4 is 10.1 Å². The van der Waals surface area contributed by atoms with Gasteiger partial charge in [-0.1, -0.05) is 18.5 Å². The van der Waals surface area contributed by atoms with Crippen LogP contribution in [0.4, 0.5) is 5.69 Å². The van der Waals surface area contributed by atoms with Crippen LogP contribution in [-0.4, -0.2) is 6.61 Å². The van der Waals surface area contributed by atoms with Crippen molar-refractivity contribution in [2.75, 3.05) is 11.9 Å². The van der Waals surface area contributed by atoms with Crippen molar-refractivity contribution in [2.24, 2.45) is 0 Å². The number of anilines is 1. The third-order valence-electron chi connectivity index (χ3n) is 3.13. The lowest BCUT2D eigenvalue weighted by atomic mass is 10.2. The molecule has 0 amide bonds. The average Bonchev–Trinajstić information content (AvgIpc) is 2.91. The van der Waals surface area contributed by atoms with Crippen LogP contribution in [-0.2, 0) is 6.42 Å². The van der Waals surface area contributed by atoms with Gasteiger partial charge in [0.1, 0.15) is 0 Å². The summed E-state index contributed by atoms with van der Waals surface area (Å²) in [4.78, 5) is 2.71. The van der Waals surface area contributed by atoms with Crippen LogP contribution >= 0.6 is 38.9 Å². The third kappa shape index (κ3) is 4.15. The predicted octanol–water partition coefficient (Wildman–Crippen LogP) is 6.30. The predicted molar refractivity (Wildman–Crippen MR) is 96.1 cm³/mol. The second-order valence-corrected chi connectivity index (χ2v) is 7.21. The standard InChI is InChI=1S/C16H19BrClNOS/c1-4-12-6-7-15(21-12)10(3)19-14-9-11(18)8-13(17)16(14)20-5-2/h6-10,19H,4-5H2,1-3H3. The first-order valence-corrected chi connectivity index (χ1v) is 9.00. The minimum absolute atomic E-state index is 0.208. The van der Waals surface area contributed by atoms with Crippen molar-refractivity contribution < 1.29 is 4.74 Å². The molecular formula is C16H19BrClNOS.